The number of ether oxygens (including phenoxy) is 1. The highest BCUT2D eigenvalue weighted by molar-refractivity contribution is 5.80. The minimum absolute atomic E-state index is 0.164. The fraction of sp³-hybridized carbons (Fsp3) is 0.714. The smallest absolute Gasteiger partial charge is 0.408 e. The van der Waals surface area contributed by atoms with Crippen LogP contribution in [0.5, 0.6) is 0 Å². The summed E-state index contributed by atoms with van der Waals surface area (Å²) in [4.78, 5) is 21.3. The lowest BCUT2D eigenvalue weighted by Gasteiger charge is -2.13. The fourth-order valence-electron chi connectivity index (χ4n) is 0.612. The number of rotatable bonds is 4. The molecule has 0 aliphatic rings. The Hall–Kier alpha value is -1.30. The molecule has 0 fully saturated rings. The highest BCUT2D eigenvalue weighted by Gasteiger charge is 2.18. The molecule has 13 heavy (non-hydrogen) atoms. The Bertz CT molecular complexity index is 193. The highest BCUT2D eigenvalue weighted by atomic mass is 16.6. The predicted octanol–water partition coefficient (Wildman–Crippen LogP) is -0.467. The lowest BCUT2D eigenvalue weighted by molar-refractivity contribution is -0.139. The van der Waals surface area contributed by atoms with Crippen molar-refractivity contribution in [3.05, 3.63) is 0 Å². The van der Waals surface area contributed by atoms with Crippen molar-refractivity contribution in [2.45, 2.75) is 26.0 Å². The average Bonchev–Trinajstić information content (AvgIpc) is 1.98. The summed E-state index contributed by atoms with van der Waals surface area (Å²) in [5, 5.41) is 10.6. The molecule has 6 heteroatoms. The van der Waals surface area contributed by atoms with Gasteiger partial charge in [-0.25, -0.2) is 9.59 Å². The van der Waals surface area contributed by atoms with Gasteiger partial charge in [0.25, 0.3) is 0 Å². The van der Waals surface area contributed by atoms with Crippen molar-refractivity contribution in [1.29, 1.82) is 0 Å². The summed E-state index contributed by atoms with van der Waals surface area (Å²) >= 11 is 0. The van der Waals surface area contributed by atoms with E-state index in [9.17, 15) is 9.59 Å². The third-order valence-electron chi connectivity index (χ3n) is 1.17. The normalized spacial score (nSPS) is 12.3. The summed E-state index contributed by atoms with van der Waals surface area (Å²) in [7, 11) is 0. The van der Waals surface area contributed by atoms with E-state index in [2.05, 4.69) is 10.1 Å². The summed E-state index contributed by atoms with van der Waals surface area (Å²) in [6.45, 7) is 3.16. The van der Waals surface area contributed by atoms with Gasteiger partial charge in [0.15, 0.2) is 0 Å². The van der Waals surface area contributed by atoms with E-state index < -0.39 is 18.1 Å². The van der Waals surface area contributed by atoms with E-state index in [0.29, 0.717) is 0 Å². The standard InChI is InChI=1S/C7H14N2O4/c1-4(2)13-7(12)9-5(3-8)6(10)11/h4-5H,3,8H2,1-2H3,(H,9,12)(H,10,11). The van der Waals surface area contributed by atoms with E-state index in [1.54, 1.807) is 13.8 Å². The number of carbonyl (C=O) groups excluding carboxylic acids is 1. The molecule has 0 rings (SSSR count). The largest absolute Gasteiger partial charge is 0.480 e. The molecule has 0 aromatic rings. The molecule has 1 amide bonds. The van der Waals surface area contributed by atoms with E-state index in [1.165, 1.54) is 0 Å². The molecule has 0 aliphatic heterocycles. The van der Waals surface area contributed by atoms with Crippen LogP contribution in [0.1, 0.15) is 13.8 Å². The van der Waals surface area contributed by atoms with Crippen molar-refractivity contribution >= 4 is 12.1 Å². The molecule has 0 saturated heterocycles. The maximum absolute atomic E-state index is 10.9. The van der Waals surface area contributed by atoms with Gasteiger partial charge in [-0.2, -0.15) is 0 Å². The lowest BCUT2D eigenvalue weighted by Crippen LogP contribution is -2.46. The Morgan fingerprint density at radius 2 is 2.08 bits per heavy atom. The molecule has 0 heterocycles. The van der Waals surface area contributed by atoms with Gasteiger partial charge >= 0.3 is 12.1 Å². The molecule has 6 nitrogen and oxygen atoms in total. The van der Waals surface area contributed by atoms with Crippen LogP contribution in [0.15, 0.2) is 0 Å². The number of hydrogen-bond acceptors (Lipinski definition) is 4. The number of nitrogens with two attached hydrogens (primary N) is 1. The van der Waals surface area contributed by atoms with Crippen LogP contribution in [0, 0.1) is 0 Å². The predicted molar refractivity (Wildman–Crippen MR) is 45.2 cm³/mol. The molecule has 76 valence electrons. The Balaban J connectivity index is 3.94. The van der Waals surface area contributed by atoms with E-state index >= 15 is 0 Å². The zero-order valence-corrected chi connectivity index (χ0v) is 7.61. The second kappa shape index (κ2) is 5.36. The third kappa shape index (κ3) is 5.02. The van der Waals surface area contributed by atoms with Crippen molar-refractivity contribution in [2.75, 3.05) is 6.54 Å². The van der Waals surface area contributed by atoms with Crippen molar-refractivity contribution < 1.29 is 19.4 Å². The number of carbonyl (C=O) groups is 2. The Labute approximate surface area is 76.0 Å². The summed E-state index contributed by atoms with van der Waals surface area (Å²) < 4.78 is 4.66. The zero-order valence-electron chi connectivity index (χ0n) is 7.61. The molecule has 0 radical (unpaired) electrons. The number of amides is 1. The molecule has 4 N–H and O–H groups in total. The van der Waals surface area contributed by atoms with Crippen molar-refractivity contribution in [3.8, 4) is 0 Å². The average molecular weight is 190 g/mol. The van der Waals surface area contributed by atoms with E-state index in [1.807, 2.05) is 0 Å². The first-order chi connectivity index (χ1) is 5.97. The molecule has 0 bridgehead atoms. The van der Waals surface area contributed by atoms with Gasteiger partial charge in [0.2, 0.25) is 0 Å². The maximum Gasteiger partial charge on any atom is 0.408 e. The molecule has 1 atom stereocenters. The summed E-state index contributed by atoms with van der Waals surface area (Å²) in [6.07, 6.45) is -1.06. The topological polar surface area (TPSA) is 102 Å². The molecule has 0 aromatic heterocycles. The molecule has 0 aromatic carbocycles. The first kappa shape index (κ1) is 11.7. The van der Waals surface area contributed by atoms with Gasteiger partial charge in [-0.05, 0) is 13.8 Å². The van der Waals surface area contributed by atoms with Crippen LogP contribution in [-0.2, 0) is 9.53 Å². The Morgan fingerprint density at radius 1 is 1.54 bits per heavy atom. The van der Waals surface area contributed by atoms with Gasteiger partial charge in [-0.1, -0.05) is 0 Å². The van der Waals surface area contributed by atoms with Crippen molar-refractivity contribution in [2.24, 2.45) is 5.73 Å². The van der Waals surface area contributed by atoms with Crippen LogP contribution >= 0.6 is 0 Å². The Kier molecular flexibility index (Phi) is 4.83. The molecule has 0 spiro atoms. The van der Waals surface area contributed by atoms with Gasteiger partial charge in [-0.3, -0.25) is 0 Å². The van der Waals surface area contributed by atoms with Crippen LogP contribution in [0.25, 0.3) is 0 Å². The van der Waals surface area contributed by atoms with Crippen molar-refractivity contribution in [3.63, 3.8) is 0 Å². The third-order valence-corrected chi connectivity index (χ3v) is 1.17. The molecular formula is C7H14N2O4. The van der Waals surface area contributed by atoms with Gasteiger partial charge in [0, 0.05) is 6.54 Å². The molecule has 0 saturated carbocycles. The maximum atomic E-state index is 10.9. The number of alkyl carbamates (subject to hydrolysis) is 1. The molecule has 1 unspecified atom stereocenters. The van der Waals surface area contributed by atoms with Crippen LogP contribution in [0.2, 0.25) is 0 Å². The second-order valence-corrected chi connectivity index (χ2v) is 2.72. The second-order valence-electron chi connectivity index (χ2n) is 2.72. The number of hydrogen-bond donors (Lipinski definition) is 3. The summed E-state index contributed by atoms with van der Waals surface area (Å²) in [6, 6.07) is -1.09. The van der Waals surface area contributed by atoms with E-state index in [-0.39, 0.29) is 12.6 Å². The fourth-order valence-corrected chi connectivity index (χ4v) is 0.612. The van der Waals surface area contributed by atoms with Crippen LogP contribution in [0.4, 0.5) is 4.79 Å². The number of nitrogens with one attached hydrogen (secondary N) is 1. The highest BCUT2D eigenvalue weighted by Crippen LogP contribution is 1.90. The van der Waals surface area contributed by atoms with Gasteiger partial charge < -0.3 is 20.9 Å². The van der Waals surface area contributed by atoms with Crippen LogP contribution in [0.3, 0.4) is 0 Å². The monoisotopic (exact) mass is 190 g/mol. The lowest BCUT2D eigenvalue weighted by atomic mass is 10.3. The molecule has 0 aliphatic carbocycles. The van der Waals surface area contributed by atoms with Gasteiger partial charge in [-0.15, -0.1) is 0 Å². The zero-order chi connectivity index (χ0) is 10.4. The number of carboxylic acid groups (broad SMARTS) is 1. The summed E-state index contributed by atoms with van der Waals surface area (Å²) in [5.41, 5.74) is 5.10. The van der Waals surface area contributed by atoms with E-state index in [4.69, 9.17) is 10.8 Å². The van der Waals surface area contributed by atoms with Crippen molar-refractivity contribution in [1.82, 2.24) is 5.32 Å². The van der Waals surface area contributed by atoms with Crippen LogP contribution in [-0.4, -0.2) is 35.9 Å². The number of carboxylic acids is 1. The minimum atomic E-state index is -1.18. The first-order valence-electron chi connectivity index (χ1n) is 3.87. The van der Waals surface area contributed by atoms with Crippen LogP contribution < -0.4 is 11.1 Å². The first-order valence-corrected chi connectivity index (χ1v) is 3.87. The summed E-state index contributed by atoms with van der Waals surface area (Å²) in [5.74, 6) is -1.18. The molecular weight excluding hydrogens is 176 g/mol. The van der Waals surface area contributed by atoms with Gasteiger partial charge in [0.05, 0.1) is 6.10 Å². The SMILES string of the molecule is CC(C)OC(=O)NC(CN)C(=O)O. The van der Waals surface area contributed by atoms with E-state index in [0.717, 1.165) is 0 Å². The van der Waals surface area contributed by atoms with Gasteiger partial charge in [0.1, 0.15) is 6.04 Å². The Morgan fingerprint density at radius 3 is 2.38 bits per heavy atom. The minimum Gasteiger partial charge on any atom is -0.480 e. The number of aliphatic carboxylic acids is 1. The quantitative estimate of drug-likeness (QED) is 0.556.